The summed E-state index contributed by atoms with van der Waals surface area (Å²) in [5.74, 6) is 0.493. The zero-order valence-corrected chi connectivity index (χ0v) is 21.5. The fourth-order valence-electron chi connectivity index (χ4n) is 3.90. The number of hydrogen-bond donors (Lipinski definition) is 1. The molecule has 0 saturated heterocycles. The number of carbonyl (C=O) groups is 2. The summed E-state index contributed by atoms with van der Waals surface area (Å²) in [5.41, 5.74) is 2.83. The molecule has 37 heavy (non-hydrogen) atoms. The van der Waals surface area contributed by atoms with Crippen molar-refractivity contribution in [2.24, 2.45) is 0 Å². The van der Waals surface area contributed by atoms with E-state index < -0.39 is 5.97 Å². The Labute approximate surface area is 219 Å². The molecule has 1 aromatic heterocycles. The lowest BCUT2D eigenvalue weighted by atomic mass is 10.0. The van der Waals surface area contributed by atoms with E-state index in [2.05, 4.69) is 5.32 Å². The Bertz CT molecular complexity index is 1460. The first kappa shape index (κ1) is 25.8. The van der Waals surface area contributed by atoms with Gasteiger partial charge in [-0.25, -0.2) is 9.78 Å². The van der Waals surface area contributed by atoms with Crippen LogP contribution in [0.5, 0.6) is 17.2 Å². The zero-order chi connectivity index (χ0) is 26.5. The minimum atomic E-state index is -0.465. The van der Waals surface area contributed by atoms with Crippen LogP contribution in [0.15, 0.2) is 60.7 Å². The molecule has 0 aliphatic carbocycles. The van der Waals surface area contributed by atoms with E-state index in [4.69, 9.17) is 35.5 Å². The average Bonchev–Trinajstić information content (AvgIpc) is 2.91. The molecule has 1 N–H and O–H groups in total. The van der Waals surface area contributed by atoms with E-state index in [-0.39, 0.29) is 12.5 Å². The molecule has 0 bridgehead atoms. The predicted molar refractivity (Wildman–Crippen MR) is 142 cm³/mol. The number of pyridine rings is 1. The highest BCUT2D eigenvalue weighted by Crippen LogP contribution is 2.41. The number of esters is 1. The van der Waals surface area contributed by atoms with Crippen LogP contribution < -0.4 is 19.5 Å². The number of anilines is 1. The largest absolute Gasteiger partial charge is 0.493 e. The molecule has 0 unspecified atom stereocenters. The van der Waals surface area contributed by atoms with Gasteiger partial charge in [-0.2, -0.15) is 0 Å². The van der Waals surface area contributed by atoms with Crippen molar-refractivity contribution in [2.45, 2.75) is 6.92 Å². The number of amides is 1. The monoisotopic (exact) mass is 520 g/mol. The van der Waals surface area contributed by atoms with Crippen LogP contribution in [0, 0.1) is 0 Å². The number of fused-ring (bicyclic) bond motifs is 1. The third-order valence-electron chi connectivity index (χ3n) is 5.61. The molecule has 0 atom stereocenters. The van der Waals surface area contributed by atoms with E-state index in [9.17, 15) is 9.59 Å². The molecule has 4 aromatic rings. The second-order valence-electron chi connectivity index (χ2n) is 7.89. The second kappa shape index (κ2) is 11.2. The topological polar surface area (TPSA) is 96.0 Å². The summed E-state index contributed by atoms with van der Waals surface area (Å²) >= 11 is 6.25. The predicted octanol–water partition coefficient (Wildman–Crippen LogP) is 6.01. The van der Waals surface area contributed by atoms with Crippen molar-refractivity contribution in [3.05, 3.63) is 76.8 Å². The number of halogens is 1. The maximum absolute atomic E-state index is 13.5. The smallest absolute Gasteiger partial charge is 0.338 e. The summed E-state index contributed by atoms with van der Waals surface area (Å²) in [6.45, 7) is 1.99. The zero-order valence-electron chi connectivity index (χ0n) is 20.8. The Hall–Kier alpha value is -4.30. The number of methoxy groups -OCH3 is 3. The van der Waals surface area contributed by atoms with Gasteiger partial charge in [0.25, 0.3) is 5.91 Å². The van der Waals surface area contributed by atoms with Crippen molar-refractivity contribution in [2.75, 3.05) is 33.3 Å². The highest BCUT2D eigenvalue weighted by Gasteiger charge is 2.19. The van der Waals surface area contributed by atoms with Gasteiger partial charge in [0.05, 0.1) is 50.3 Å². The van der Waals surface area contributed by atoms with Crippen LogP contribution >= 0.6 is 11.6 Å². The number of nitrogens with zero attached hydrogens (tertiary/aromatic N) is 1. The third-order valence-corrected chi connectivity index (χ3v) is 5.84. The van der Waals surface area contributed by atoms with Crippen LogP contribution in [0.4, 0.5) is 5.69 Å². The fourth-order valence-corrected chi connectivity index (χ4v) is 4.07. The Morgan fingerprint density at radius 2 is 1.65 bits per heavy atom. The summed E-state index contributed by atoms with van der Waals surface area (Å²) < 4.78 is 21.4. The Morgan fingerprint density at radius 1 is 0.919 bits per heavy atom. The van der Waals surface area contributed by atoms with Gasteiger partial charge < -0.3 is 24.3 Å². The van der Waals surface area contributed by atoms with E-state index >= 15 is 0 Å². The molecule has 0 radical (unpaired) electrons. The summed E-state index contributed by atoms with van der Waals surface area (Å²) in [7, 11) is 4.58. The summed E-state index contributed by atoms with van der Waals surface area (Å²) in [5, 5.41) is 3.96. The van der Waals surface area contributed by atoms with E-state index in [1.807, 2.05) is 0 Å². The van der Waals surface area contributed by atoms with E-state index in [0.29, 0.717) is 61.2 Å². The molecule has 0 fully saturated rings. The number of hydrogen-bond acceptors (Lipinski definition) is 7. The van der Waals surface area contributed by atoms with Gasteiger partial charge in [-0.3, -0.25) is 4.79 Å². The standard InChI is InChI=1S/C28H25ClN2O6/c1-5-37-28(33)16-7-6-8-19(11-16)30-27(32)21-15-22(31-23-14-18(29)9-10-20(21)23)17-12-24(34-2)26(36-4)25(13-17)35-3/h6-15H,5H2,1-4H3,(H,30,32). The number of carbonyl (C=O) groups excluding carboxylic acids is 2. The highest BCUT2D eigenvalue weighted by molar-refractivity contribution is 6.31. The Kier molecular flexibility index (Phi) is 7.79. The molecule has 0 spiro atoms. The number of nitrogens with one attached hydrogen (secondary N) is 1. The molecule has 0 aliphatic heterocycles. The molecular formula is C28H25ClN2O6. The van der Waals surface area contributed by atoms with Gasteiger partial charge in [-0.05, 0) is 55.5 Å². The Balaban J connectivity index is 1.81. The van der Waals surface area contributed by atoms with Crippen molar-refractivity contribution in [3.63, 3.8) is 0 Å². The van der Waals surface area contributed by atoms with E-state index in [1.54, 1.807) is 67.6 Å². The first-order valence-electron chi connectivity index (χ1n) is 11.4. The van der Waals surface area contributed by atoms with Crippen LogP contribution in [-0.2, 0) is 4.74 Å². The molecule has 1 heterocycles. The highest BCUT2D eigenvalue weighted by atomic mass is 35.5. The van der Waals surface area contributed by atoms with Gasteiger partial charge in [0.15, 0.2) is 11.5 Å². The minimum absolute atomic E-state index is 0.255. The molecule has 9 heteroatoms. The molecule has 190 valence electrons. The summed E-state index contributed by atoms with van der Waals surface area (Å²) in [6, 6.07) is 16.9. The quantitative estimate of drug-likeness (QED) is 0.284. The molecule has 3 aromatic carbocycles. The number of benzene rings is 3. The maximum atomic E-state index is 13.5. The molecular weight excluding hydrogens is 496 g/mol. The van der Waals surface area contributed by atoms with Crippen LogP contribution in [0.2, 0.25) is 5.02 Å². The lowest BCUT2D eigenvalue weighted by molar-refractivity contribution is 0.0526. The van der Waals surface area contributed by atoms with Crippen molar-refractivity contribution in [3.8, 4) is 28.5 Å². The fraction of sp³-hybridized carbons (Fsp3) is 0.179. The van der Waals surface area contributed by atoms with Gasteiger partial charge in [-0.15, -0.1) is 0 Å². The SMILES string of the molecule is CCOC(=O)c1cccc(NC(=O)c2cc(-c3cc(OC)c(OC)c(OC)c3)nc3cc(Cl)ccc23)c1. The van der Waals surface area contributed by atoms with Crippen LogP contribution in [0.25, 0.3) is 22.2 Å². The minimum Gasteiger partial charge on any atom is -0.493 e. The van der Waals surface area contributed by atoms with Crippen LogP contribution in [0.3, 0.4) is 0 Å². The van der Waals surface area contributed by atoms with E-state index in [0.717, 1.165) is 0 Å². The van der Waals surface area contributed by atoms with Gasteiger partial charge in [-0.1, -0.05) is 23.7 Å². The van der Waals surface area contributed by atoms with Crippen molar-refractivity contribution in [1.82, 2.24) is 4.98 Å². The van der Waals surface area contributed by atoms with Gasteiger partial charge in [0.2, 0.25) is 5.75 Å². The van der Waals surface area contributed by atoms with Crippen LogP contribution in [-0.4, -0.2) is 44.8 Å². The molecule has 0 aliphatic rings. The van der Waals surface area contributed by atoms with Gasteiger partial charge in [0, 0.05) is 21.7 Å². The summed E-state index contributed by atoms with van der Waals surface area (Å²) in [6.07, 6.45) is 0. The lowest BCUT2D eigenvalue weighted by Gasteiger charge is -2.15. The second-order valence-corrected chi connectivity index (χ2v) is 8.32. The number of ether oxygens (including phenoxy) is 4. The third kappa shape index (κ3) is 5.44. The first-order valence-corrected chi connectivity index (χ1v) is 11.8. The maximum Gasteiger partial charge on any atom is 0.338 e. The lowest BCUT2D eigenvalue weighted by Crippen LogP contribution is -2.14. The average molecular weight is 521 g/mol. The van der Waals surface area contributed by atoms with E-state index in [1.165, 1.54) is 21.3 Å². The normalized spacial score (nSPS) is 10.6. The number of aromatic nitrogens is 1. The molecule has 8 nitrogen and oxygen atoms in total. The molecule has 1 amide bonds. The molecule has 0 saturated carbocycles. The van der Waals surface area contributed by atoms with Crippen molar-refractivity contribution in [1.29, 1.82) is 0 Å². The van der Waals surface area contributed by atoms with Gasteiger partial charge in [0.1, 0.15) is 0 Å². The summed E-state index contributed by atoms with van der Waals surface area (Å²) in [4.78, 5) is 30.4. The molecule has 4 rings (SSSR count). The number of rotatable bonds is 8. The van der Waals surface area contributed by atoms with Gasteiger partial charge >= 0.3 is 5.97 Å². The Morgan fingerprint density at radius 3 is 2.30 bits per heavy atom. The first-order chi connectivity index (χ1) is 17.9. The van der Waals surface area contributed by atoms with Crippen LogP contribution in [0.1, 0.15) is 27.6 Å². The van der Waals surface area contributed by atoms with Crippen molar-refractivity contribution < 1.29 is 28.5 Å². The van der Waals surface area contributed by atoms with Crippen molar-refractivity contribution >= 4 is 40.1 Å².